The van der Waals surface area contributed by atoms with Crippen molar-refractivity contribution >= 4 is 0 Å². The molecule has 76 valence electrons. The van der Waals surface area contributed by atoms with Crippen molar-refractivity contribution in [2.24, 2.45) is 0 Å². The predicted molar refractivity (Wildman–Crippen MR) is 49.7 cm³/mol. The Morgan fingerprint density at radius 2 is 2.36 bits per heavy atom. The first-order valence-corrected chi connectivity index (χ1v) is 4.50. The van der Waals surface area contributed by atoms with Gasteiger partial charge in [0.25, 0.3) is 0 Å². The van der Waals surface area contributed by atoms with Crippen LogP contribution in [0.25, 0.3) is 0 Å². The number of pyridine rings is 1. The van der Waals surface area contributed by atoms with Crippen LogP contribution in [0.15, 0.2) is 18.3 Å². The van der Waals surface area contributed by atoms with Crippen molar-refractivity contribution in [1.29, 1.82) is 0 Å². The average Bonchev–Trinajstić information content (AvgIpc) is 2.18. The normalized spacial score (nSPS) is 19.0. The third-order valence-corrected chi connectivity index (χ3v) is 2.57. The van der Waals surface area contributed by atoms with E-state index in [1.165, 1.54) is 0 Å². The number of aromatic nitrogens is 1. The molecule has 0 spiro atoms. The van der Waals surface area contributed by atoms with Crippen LogP contribution in [-0.4, -0.2) is 30.4 Å². The van der Waals surface area contributed by atoms with Gasteiger partial charge in [-0.1, -0.05) is 6.07 Å². The summed E-state index contributed by atoms with van der Waals surface area (Å²) in [5.41, 5.74) is 1.35. The molecule has 1 N–H and O–H groups in total. The van der Waals surface area contributed by atoms with E-state index in [9.17, 15) is 0 Å². The van der Waals surface area contributed by atoms with Crippen molar-refractivity contribution in [2.45, 2.75) is 12.2 Å². The summed E-state index contributed by atoms with van der Waals surface area (Å²) in [4.78, 5) is 4.11. The van der Waals surface area contributed by atoms with Crippen LogP contribution in [-0.2, 0) is 21.7 Å². The van der Waals surface area contributed by atoms with Crippen LogP contribution in [0.4, 0.5) is 0 Å². The molecule has 14 heavy (non-hydrogen) atoms. The molecular formula is C10H13NO3. The molecule has 0 amide bonds. The molecule has 2 heterocycles. The van der Waals surface area contributed by atoms with E-state index in [0.29, 0.717) is 18.9 Å². The number of aliphatic hydroxyl groups is 1. The first kappa shape index (κ1) is 9.58. The number of hydrogen-bond acceptors (Lipinski definition) is 4. The van der Waals surface area contributed by atoms with Gasteiger partial charge in [0.2, 0.25) is 0 Å². The minimum absolute atomic E-state index is 0.0310. The van der Waals surface area contributed by atoms with Gasteiger partial charge in [-0.2, -0.15) is 0 Å². The van der Waals surface area contributed by atoms with E-state index in [1.54, 1.807) is 19.4 Å². The second-order valence-corrected chi connectivity index (χ2v) is 3.39. The fourth-order valence-corrected chi connectivity index (χ4v) is 1.48. The SMILES string of the molecule is COC1(c2ccc(CO)nc2)COC1. The van der Waals surface area contributed by atoms with Crippen LogP contribution in [0.1, 0.15) is 11.3 Å². The zero-order valence-electron chi connectivity index (χ0n) is 8.06. The molecule has 0 saturated carbocycles. The molecule has 4 nitrogen and oxygen atoms in total. The van der Waals surface area contributed by atoms with E-state index in [2.05, 4.69) is 4.98 Å². The highest BCUT2D eigenvalue weighted by Gasteiger charge is 2.40. The lowest BCUT2D eigenvalue weighted by Crippen LogP contribution is -2.48. The first-order chi connectivity index (χ1) is 6.80. The molecule has 0 bridgehead atoms. The summed E-state index contributed by atoms with van der Waals surface area (Å²) in [6, 6.07) is 3.72. The fourth-order valence-electron chi connectivity index (χ4n) is 1.48. The molecule has 1 aliphatic heterocycles. The van der Waals surface area contributed by atoms with Gasteiger partial charge in [-0.05, 0) is 6.07 Å². The number of ether oxygens (including phenoxy) is 2. The Balaban J connectivity index is 2.23. The molecule has 1 aromatic rings. The van der Waals surface area contributed by atoms with Crippen LogP contribution in [0.5, 0.6) is 0 Å². The van der Waals surface area contributed by atoms with E-state index in [-0.39, 0.29) is 12.2 Å². The largest absolute Gasteiger partial charge is 0.390 e. The van der Waals surface area contributed by atoms with Crippen molar-refractivity contribution in [1.82, 2.24) is 4.98 Å². The summed E-state index contributed by atoms with van der Waals surface area (Å²) >= 11 is 0. The molecule has 0 unspecified atom stereocenters. The number of hydrogen-bond donors (Lipinski definition) is 1. The molecule has 2 rings (SSSR count). The fraction of sp³-hybridized carbons (Fsp3) is 0.500. The van der Waals surface area contributed by atoms with Gasteiger partial charge in [0.15, 0.2) is 0 Å². The first-order valence-electron chi connectivity index (χ1n) is 4.50. The maximum absolute atomic E-state index is 8.84. The van der Waals surface area contributed by atoms with Crippen LogP contribution < -0.4 is 0 Å². The van der Waals surface area contributed by atoms with Gasteiger partial charge in [-0.3, -0.25) is 4.98 Å². The van der Waals surface area contributed by atoms with Gasteiger partial charge >= 0.3 is 0 Å². The number of methoxy groups -OCH3 is 1. The van der Waals surface area contributed by atoms with Gasteiger partial charge in [0.05, 0.1) is 25.5 Å². The van der Waals surface area contributed by atoms with E-state index in [4.69, 9.17) is 14.6 Å². The van der Waals surface area contributed by atoms with Crippen molar-refractivity contribution < 1.29 is 14.6 Å². The van der Waals surface area contributed by atoms with Gasteiger partial charge in [0, 0.05) is 18.9 Å². The van der Waals surface area contributed by atoms with E-state index in [0.717, 1.165) is 5.56 Å². The number of aliphatic hydroxyl groups excluding tert-OH is 1. The van der Waals surface area contributed by atoms with Crippen molar-refractivity contribution in [3.63, 3.8) is 0 Å². The molecule has 1 saturated heterocycles. The zero-order chi connectivity index (χ0) is 10.0. The maximum Gasteiger partial charge on any atom is 0.141 e. The smallest absolute Gasteiger partial charge is 0.141 e. The molecule has 0 atom stereocenters. The summed E-state index contributed by atoms with van der Waals surface area (Å²) in [6.45, 7) is 1.12. The Labute approximate surface area is 82.5 Å². The summed E-state index contributed by atoms with van der Waals surface area (Å²) in [7, 11) is 1.67. The molecule has 1 fully saturated rings. The zero-order valence-corrected chi connectivity index (χ0v) is 8.06. The molecule has 1 aromatic heterocycles. The Bertz CT molecular complexity index is 300. The summed E-state index contributed by atoms with van der Waals surface area (Å²) in [6.07, 6.45) is 1.73. The topological polar surface area (TPSA) is 51.6 Å². The van der Waals surface area contributed by atoms with Gasteiger partial charge < -0.3 is 14.6 Å². The lowest BCUT2D eigenvalue weighted by Gasteiger charge is -2.40. The van der Waals surface area contributed by atoms with Gasteiger partial charge in [-0.25, -0.2) is 0 Å². The monoisotopic (exact) mass is 195 g/mol. The van der Waals surface area contributed by atoms with E-state index >= 15 is 0 Å². The van der Waals surface area contributed by atoms with Crippen LogP contribution >= 0.6 is 0 Å². The Hall–Kier alpha value is -0.970. The number of nitrogens with zero attached hydrogens (tertiary/aromatic N) is 1. The van der Waals surface area contributed by atoms with Gasteiger partial charge in [0.1, 0.15) is 5.60 Å². The quantitative estimate of drug-likeness (QED) is 0.760. The standard InChI is InChI=1S/C10H13NO3/c1-13-10(6-14-7-10)8-2-3-9(5-12)11-4-8/h2-4,12H,5-7H2,1H3. The third kappa shape index (κ3) is 1.41. The highest BCUT2D eigenvalue weighted by Crippen LogP contribution is 2.32. The highest BCUT2D eigenvalue weighted by atomic mass is 16.6. The lowest BCUT2D eigenvalue weighted by molar-refractivity contribution is -0.202. The Morgan fingerprint density at radius 3 is 2.71 bits per heavy atom. The molecule has 0 aliphatic carbocycles. The third-order valence-electron chi connectivity index (χ3n) is 2.57. The maximum atomic E-state index is 8.84. The summed E-state index contributed by atoms with van der Waals surface area (Å²) in [5, 5.41) is 8.84. The molecule has 0 radical (unpaired) electrons. The second-order valence-electron chi connectivity index (χ2n) is 3.39. The summed E-state index contributed by atoms with van der Waals surface area (Å²) in [5.74, 6) is 0. The van der Waals surface area contributed by atoms with Gasteiger partial charge in [-0.15, -0.1) is 0 Å². The van der Waals surface area contributed by atoms with E-state index < -0.39 is 0 Å². The second kappa shape index (κ2) is 3.65. The summed E-state index contributed by atoms with van der Waals surface area (Å²) < 4.78 is 10.5. The van der Waals surface area contributed by atoms with Crippen molar-refractivity contribution in [2.75, 3.05) is 20.3 Å². The van der Waals surface area contributed by atoms with E-state index in [1.807, 2.05) is 6.07 Å². The van der Waals surface area contributed by atoms with Crippen molar-refractivity contribution in [3.8, 4) is 0 Å². The minimum Gasteiger partial charge on any atom is -0.390 e. The van der Waals surface area contributed by atoms with Crippen molar-refractivity contribution in [3.05, 3.63) is 29.6 Å². The lowest BCUT2D eigenvalue weighted by atomic mass is 9.93. The molecule has 4 heteroatoms. The van der Waals surface area contributed by atoms with Crippen LogP contribution in [0, 0.1) is 0 Å². The highest BCUT2D eigenvalue weighted by molar-refractivity contribution is 5.23. The number of rotatable bonds is 3. The molecular weight excluding hydrogens is 182 g/mol. The minimum atomic E-state index is -0.318. The van der Waals surface area contributed by atoms with Crippen LogP contribution in [0.2, 0.25) is 0 Å². The predicted octanol–water partition coefficient (Wildman–Crippen LogP) is 0.446. The van der Waals surface area contributed by atoms with Crippen LogP contribution in [0.3, 0.4) is 0 Å². The Kier molecular flexibility index (Phi) is 2.50. The Morgan fingerprint density at radius 1 is 1.57 bits per heavy atom. The molecule has 0 aromatic carbocycles. The average molecular weight is 195 g/mol. The molecule has 1 aliphatic rings.